The van der Waals surface area contributed by atoms with E-state index in [1.807, 2.05) is 0 Å². The zero-order valence-corrected chi connectivity index (χ0v) is 10.7. The fraction of sp³-hybridized carbons (Fsp3) is 0.250. The molecule has 0 spiro atoms. The molecular formula is C12H14FN5O2. The van der Waals surface area contributed by atoms with Gasteiger partial charge in [-0.25, -0.2) is 13.9 Å². The number of aryl methyl sites for hydroxylation is 1. The summed E-state index contributed by atoms with van der Waals surface area (Å²) < 4.78 is 14.1. The number of urea groups is 1. The van der Waals surface area contributed by atoms with Crippen molar-refractivity contribution in [3.05, 3.63) is 42.0 Å². The van der Waals surface area contributed by atoms with Gasteiger partial charge < -0.3 is 10.4 Å². The van der Waals surface area contributed by atoms with Gasteiger partial charge in [0.1, 0.15) is 12.1 Å². The number of nitrogens with one attached hydrogen (secondary N) is 2. The quantitative estimate of drug-likeness (QED) is 0.772. The van der Waals surface area contributed by atoms with Crippen molar-refractivity contribution in [1.82, 2.24) is 20.1 Å². The number of hydrogen-bond donors (Lipinski definition) is 3. The minimum Gasteiger partial charge on any atom is -0.387 e. The molecule has 0 bridgehead atoms. The van der Waals surface area contributed by atoms with Crippen LogP contribution in [0.3, 0.4) is 0 Å². The predicted octanol–water partition coefficient (Wildman–Crippen LogP) is 0.809. The molecule has 0 radical (unpaired) electrons. The molecule has 0 saturated heterocycles. The maximum Gasteiger partial charge on any atom is 0.321 e. The number of aliphatic hydroxyl groups is 1. The van der Waals surface area contributed by atoms with Crippen molar-refractivity contribution in [2.24, 2.45) is 7.05 Å². The second-order valence-corrected chi connectivity index (χ2v) is 4.11. The van der Waals surface area contributed by atoms with Gasteiger partial charge in [0.15, 0.2) is 0 Å². The Hall–Kier alpha value is -2.48. The molecule has 20 heavy (non-hydrogen) atoms. The van der Waals surface area contributed by atoms with E-state index in [1.165, 1.54) is 35.3 Å². The summed E-state index contributed by atoms with van der Waals surface area (Å²) in [4.78, 5) is 15.4. The Labute approximate surface area is 114 Å². The summed E-state index contributed by atoms with van der Waals surface area (Å²) in [5.74, 6) is -0.0901. The predicted molar refractivity (Wildman–Crippen MR) is 69.4 cm³/mol. The molecule has 1 heterocycles. The molecule has 0 fully saturated rings. The van der Waals surface area contributed by atoms with Gasteiger partial charge in [-0.15, -0.1) is 0 Å². The number of halogens is 1. The topological polar surface area (TPSA) is 92.1 Å². The van der Waals surface area contributed by atoms with Gasteiger partial charge in [0, 0.05) is 13.6 Å². The first-order valence-electron chi connectivity index (χ1n) is 5.88. The standard InChI is InChI=1S/C12H14FN5O2/c1-18-11(15-7-16-18)17-12(20)14-6-10(19)8-2-4-9(13)5-3-8/h2-5,7,10,19H,6H2,1H3,(H2,14,15,16,17,20). The number of carbonyl (C=O) groups excluding carboxylic acids is 1. The Bertz CT molecular complexity index is 584. The molecule has 0 aliphatic rings. The minimum absolute atomic E-state index is 0.00465. The molecule has 8 heteroatoms. The monoisotopic (exact) mass is 279 g/mol. The van der Waals surface area contributed by atoms with E-state index in [-0.39, 0.29) is 12.4 Å². The molecule has 0 aliphatic heterocycles. The Kier molecular flexibility index (Phi) is 4.26. The van der Waals surface area contributed by atoms with Crippen molar-refractivity contribution in [3.63, 3.8) is 0 Å². The fourth-order valence-corrected chi connectivity index (χ4v) is 1.55. The van der Waals surface area contributed by atoms with Gasteiger partial charge >= 0.3 is 6.03 Å². The molecule has 2 rings (SSSR count). The van der Waals surface area contributed by atoms with E-state index in [9.17, 15) is 14.3 Å². The van der Waals surface area contributed by atoms with Crippen LogP contribution in [-0.2, 0) is 7.05 Å². The highest BCUT2D eigenvalue weighted by Gasteiger charge is 2.11. The van der Waals surface area contributed by atoms with Gasteiger partial charge in [0.2, 0.25) is 5.95 Å². The molecule has 0 saturated carbocycles. The van der Waals surface area contributed by atoms with Gasteiger partial charge in [-0.3, -0.25) is 5.32 Å². The maximum atomic E-state index is 12.7. The van der Waals surface area contributed by atoms with Gasteiger partial charge in [-0.2, -0.15) is 10.1 Å². The number of nitrogens with zero attached hydrogens (tertiary/aromatic N) is 3. The Morgan fingerprint density at radius 3 is 2.75 bits per heavy atom. The molecule has 1 aromatic heterocycles. The number of aliphatic hydroxyl groups excluding tert-OH is 1. The molecule has 1 aromatic carbocycles. The summed E-state index contributed by atoms with van der Waals surface area (Å²) >= 11 is 0. The van der Waals surface area contributed by atoms with E-state index in [1.54, 1.807) is 7.05 Å². The first-order chi connectivity index (χ1) is 9.56. The van der Waals surface area contributed by atoms with E-state index in [0.717, 1.165) is 0 Å². The van der Waals surface area contributed by atoms with Crippen LogP contribution in [0.4, 0.5) is 15.1 Å². The van der Waals surface area contributed by atoms with Crippen LogP contribution in [0, 0.1) is 5.82 Å². The second-order valence-electron chi connectivity index (χ2n) is 4.11. The van der Waals surface area contributed by atoms with Crippen molar-refractivity contribution in [2.75, 3.05) is 11.9 Å². The smallest absolute Gasteiger partial charge is 0.321 e. The first-order valence-corrected chi connectivity index (χ1v) is 5.88. The lowest BCUT2D eigenvalue weighted by Gasteiger charge is -2.12. The summed E-state index contributed by atoms with van der Waals surface area (Å²) in [5, 5.41) is 18.6. The number of rotatable bonds is 4. The van der Waals surface area contributed by atoms with E-state index in [2.05, 4.69) is 20.7 Å². The Morgan fingerprint density at radius 2 is 2.15 bits per heavy atom. The lowest BCUT2D eigenvalue weighted by atomic mass is 10.1. The van der Waals surface area contributed by atoms with Crippen molar-refractivity contribution in [2.45, 2.75) is 6.10 Å². The van der Waals surface area contributed by atoms with E-state index < -0.39 is 12.1 Å². The van der Waals surface area contributed by atoms with Crippen molar-refractivity contribution in [3.8, 4) is 0 Å². The fourth-order valence-electron chi connectivity index (χ4n) is 1.55. The zero-order valence-electron chi connectivity index (χ0n) is 10.7. The van der Waals surface area contributed by atoms with Crippen LogP contribution < -0.4 is 10.6 Å². The summed E-state index contributed by atoms with van der Waals surface area (Å²) in [5.41, 5.74) is 0.519. The van der Waals surface area contributed by atoms with Crippen LogP contribution in [0.1, 0.15) is 11.7 Å². The van der Waals surface area contributed by atoms with Crippen molar-refractivity contribution in [1.29, 1.82) is 0 Å². The van der Waals surface area contributed by atoms with Gasteiger partial charge in [-0.1, -0.05) is 12.1 Å². The number of carbonyl (C=O) groups is 1. The molecule has 3 N–H and O–H groups in total. The SMILES string of the molecule is Cn1ncnc1NC(=O)NCC(O)c1ccc(F)cc1. The van der Waals surface area contributed by atoms with Crippen LogP contribution >= 0.6 is 0 Å². The van der Waals surface area contributed by atoms with Gasteiger partial charge in [0.25, 0.3) is 0 Å². The molecule has 106 valence electrons. The lowest BCUT2D eigenvalue weighted by Crippen LogP contribution is -2.33. The molecule has 1 atom stereocenters. The van der Waals surface area contributed by atoms with Gasteiger partial charge in [-0.05, 0) is 17.7 Å². The number of amides is 2. The van der Waals surface area contributed by atoms with Gasteiger partial charge in [0.05, 0.1) is 6.10 Å². The third kappa shape index (κ3) is 3.51. The summed E-state index contributed by atoms with van der Waals surface area (Å²) in [7, 11) is 1.63. The Morgan fingerprint density at radius 1 is 1.45 bits per heavy atom. The van der Waals surface area contributed by atoms with Crippen molar-refractivity contribution >= 4 is 12.0 Å². The molecule has 7 nitrogen and oxygen atoms in total. The highest BCUT2D eigenvalue weighted by atomic mass is 19.1. The molecule has 2 amide bonds. The summed E-state index contributed by atoms with van der Waals surface area (Å²) in [6.45, 7) is -0.00465. The average molecular weight is 279 g/mol. The lowest BCUT2D eigenvalue weighted by molar-refractivity contribution is 0.175. The second kappa shape index (κ2) is 6.11. The van der Waals surface area contributed by atoms with Crippen molar-refractivity contribution < 1.29 is 14.3 Å². The number of benzene rings is 1. The van der Waals surface area contributed by atoms with Crippen LogP contribution in [-0.4, -0.2) is 32.4 Å². The maximum absolute atomic E-state index is 12.7. The molecule has 0 aliphatic carbocycles. The van der Waals surface area contributed by atoms with E-state index >= 15 is 0 Å². The largest absolute Gasteiger partial charge is 0.387 e. The van der Waals surface area contributed by atoms with Crippen LogP contribution in [0.25, 0.3) is 0 Å². The van der Waals surface area contributed by atoms with Crippen LogP contribution in [0.5, 0.6) is 0 Å². The average Bonchev–Trinajstić information content (AvgIpc) is 2.82. The minimum atomic E-state index is -0.916. The van der Waals surface area contributed by atoms with E-state index in [0.29, 0.717) is 11.5 Å². The zero-order chi connectivity index (χ0) is 14.5. The third-order valence-corrected chi connectivity index (χ3v) is 2.65. The number of aromatic nitrogens is 3. The highest BCUT2D eigenvalue weighted by Crippen LogP contribution is 2.12. The number of hydrogen-bond acceptors (Lipinski definition) is 4. The van der Waals surface area contributed by atoms with E-state index in [4.69, 9.17) is 0 Å². The summed E-state index contributed by atoms with van der Waals surface area (Å²) in [6, 6.07) is 4.91. The first kappa shape index (κ1) is 13.9. The third-order valence-electron chi connectivity index (χ3n) is 2.65. The number of anilines is 1. The summed E-state index contributed by atoms with van der Waals surface area (Å²) in [6.07, 6.45) is 0.393. The highest BCUT2D eigenvalue weighted by molar-refractivity contribution is 5.87. The van der Waals surface area contributed by atoms with Crippen LogP contribution in [0.2, 0.25) is 0 Å². The van der Waals surface area contributed by atoms with Crippen LogP contribution in [0.15, 0.2) is 30.6 Å². The Balaban J connectivity index is 1.84. The normalized spacial score (nSPS) is 11.9. The molecular weight excluding hydrogens is 265 g/mol. The molecule has 1 unspecified atom stereocenters. The molecule has 2 aromatic rings.